The van der Waals surface area contributed by atoms with Gasteiger partial charge in [-0.3, -0.25) is 4.79 Å². The van der Waals surface area contributed by atoms with E-state index in [4.69, 9.17) is 0 Å². The van der Waals surface area contributed by atoms with Crippen LogP contribution in [0.3, 0.4) is 0 Å². The zero-order valence-corrected chi connectivity index (χ0v) is 16.0. The molecule has 0 bridgehead atoms. The second-order valence-electron chi connectivity index (χ2n) is 6.47. The molecule has 1 aliphatic carbocycles. The molecule has 1 aromatic rings. The second-order valence-corrected chi connectivity index (χ2v) is 8.86. The molecule has 0 aromatic heterocycles. The molecule has 1 fully saturated rings. The van der Waals surface area contributed by atoms with Crippen LogP contribution in [-0.4, -0.2) is 29.2 Å². The molecule has 4 heteroatoms. The maximum atomic E-state index is 11.9. The number of amides is 1. The summed E-state index contributed by atoms with van der Waals surface area (Å²) in [5.41, 5.74) is 3.91. The van der Waals surface area contributed by atoms with Crippen LogP contribution < -0.4 is 5.32 Å². The summed E-state index contributed by atoms with van der Waals surface area (Å²) in [6, 6.07) is 6.60. The first-order valence-electron chi connectivity index (χ1n) is 8.67. The molecule has 2 rings (SSSR count). The van der Waals surface area contributed by atoms with E-state index in [2.05, 4.69) is 37.4 Å². The summed E-state index contributed by atoms with van der Waals surface area (Å²) >= 11 is 3.74. The van der Waals surface area contributed by atoms with Crippen molar-refractivity contribution in [3.05, 3.63) is 34.9 Å². The van der Waals surface area contributed by atoms with Gasteiger partial charge in [0.05, 0.1) is 5.75 Å². The van der Waals surface area contributed by atoms with E-state index in [-0.39, 0.29) is 5.91 Å². The average molecular weight is 352 g/mol. The number of aryl methyl sites for hydroxylation is 2. The van der Waals surface area contributed by atoms with Gasteiger partial charge in [-0.2, -0.15) is 11.8 Å². The van der Waals surface area contributed by atoms with E-state index < -0.39 is 0 Å². The monoisotopic (exact) mass is 351 g/mol. The largest absolute Gasteiger partial charge is 0.355 e. The third-order valence-electron chi connectivity index (χ3n) is 4.11. The van der Waals surface area contributed by atoms with Crippen molar-refractivity contribution in [1.82, 2.24) is 5.32 Å². The fourth-order valence-corrected chi connectivity index (χ4v) is 5.12. The maximum absolute atomic E-state index is 11.9. The van der Waals surface area contributed by atoms with Gasteiger partial charge in [-0.05, 0) is 32.3 Å². The van der Waals surface area contributed by atoms with Crippen molar-refractivity contribution in [3.8, 4) is 0 Å². The molecule has 0 heterocycles. The predicted molar refractivity (Wildman–Crippen MR) is 104 cm³/mol. The molecule has 0 aliphatic heterocycles. The normalized spacial score (nSPS) is 15.6. The lowest BCUT2D eigenvalue weighted by molar-refractivity contribution is -0.118. The number of hydrogen-bond acceptors (Lipinski definition) is 3. The quantitative estimate of drug-likeness (QED) is 0.687. The van der Waals surface area contributed by atoms with Crippen molar-refractivity contribution in [1.29, 1.82) is 0 Å². The lowest BCUT2D eigenvalue weighted by Crippen LogP contribution is -2.28. The molecule has 2 nitrogen and oxygen atoms in total. The number of hydrogen-bond donors (Lipinski definition) is 1. The Morgan fingerprint density at radius 2 is 1.83 bits per heavy atom. The van der Waals surface area contributed by atoms with E-state index in [1.54, 1.807) is 11.8 Å². The SMILES string of the molecule is Cc1cc(C)cc(CSCC(=O)NCCSC2CCCCC2)c1. The van der Waals surface area contributed by atoms with Gasteiger partial charge in [0.2, 0.25) is 5.91 Å². The van der Waals surface area contributed by atoms with Crippen molar-refractivity contribution in [2.45, 2.75) is 57.0 Å². The molecule has 0 unspecified atom stereocenters. The summed E-state index contributed by atoms with van der Waals surface area (Å²) in [5.74, 6) is 2.69. The Morgan fingerprint density at radius 3 is 2.52 bits per heavy atom. The molecule has 1 saturated carbocycles. The van der Waals surface area contributed by atoms with Crippen LogP contribution >= 0.6 is 23.5 Å². The van der Waals surface area contributed by atoms with Crippen molar-refractivity contribution >= 4 is 29.4 Å². The van der Waals surface area contributed by atoms with Crippen LogP contribution in [-0.2, 0) is 10.5 Å². The molecular formula is C19H29NOS2. The molecule has 1 aromatic carbocycles. The summed E-state index contributed by atoms with van der Waals surface area (Å²) in [5, 5.41) is 3.88. The fraction of sp³-hybridized carbons (Fsp3) is 0.632. The van der Waals surface area contributed by atoms with Crippen LogP contribution in [0.4, 0.5) is 0 Å². The minimum Gasteiger partial charge on any atom is -0.355 e. The number of nitrogens with one attached hydrogen (secondary N) is 1. The predicted octanol–water partition coefficient (Wildman–Crippen LogP) is 4.72. The smallest absolute Gasteiger partial charge is 0.230 e. The highest BCUT2D eigenvalue weighted by molar-refractivity contribution is 8.00. The number of rotatable bonds is 8. The molecular weight excluding hydrogens is 322 g/mol. The minimum atomic E-state index is 0.170. The van der Waals surface area contributed by atoms with Crippen LogP contribution in [0.5, 0.6) is 0 Å². The van der Waals surface area contributed by atoms with Gasteiger partial charge in [0.25, 0.3) is 0 Å². The Labute approximate surface area is 149 Å². The van der Waals surface area contributed by atoms with Gasteiger partial charge in [-0.1, -0.05) is 48.6 Å². The highest BCUT2D eigenvalue weighted by atomic mass is 32.2. The molecule has 1 N–H and O–H groups in total. The van der Waals surface area contributed by atoms with Crippen molar-refractivity contribution < 1.29 is 4.79 Å². The van der Waals surface area contributed by atoms with E-state index in [9.17, 15) is 4.79 Å². The van der Waals surface area contributed by atoms with Crippen LogP contribution in [0.25, 0.3) is 0 Å². The Morgan fingerprint density at radius 1 is 1.13 bits per heavy atom. The number of carbonyl (C=O) groups excluding carboxylic acids is 1. The third-order valence-corrected chi connectivity index (χ3v) is 6.50. The first kappa shape index (κ1) is 18.7. The van der Waals surface area contributed by atoms with Gasteiger partial charge in [0.15, 0.2) is 0 Å². The fourth-order valence-electron chi connectivity index (χ4n) is 3.11. The number of carbonyl (C=O) groups is 1. The lowest BCUT2D eigenvalue weighted by atomic mass is 10.0. The van der Waals surface area contributed by atoms with E-state index in [1.807, 2.05) is 11.8 Å². The zero-order chi connectivity index (χ0) is 16.5. The van der Waals surface area contributed by atoms with Crippen molar-refractivity contribution in [2.24, 2.45) is 0 Å². The van der Waals surface area contributed by atoms with E-state index >= 15 is 0 Å². The minimum absolute atomic E-state index is 0.170. The lowest BCUT2D eigenvalue weighted by Gasteiger charge is -2.20. The van der Waals surface area contributed by atoms with Gasteiger partial charge in [0.1, 0.15) is 0 Å². The van der Waals surface area contributed by atoms with Crippen LogP contribution in [0.2, 0.25) is 0 Å². The molecule has 0 spiro atoms. The molecule has 1 amide bonds. The Kier molecular flexibility index (Phi) is 8.38. The topological polar surface area (TPSA) is 29.1 Å². The molecule has 23 heavy (non-hydrogen) atoms. The van der Waals surface area contributed by atoms with Crippen LogP contribution in [0.15, 0.2) is 18.2 Å². The van der Waals surface area contributed by atoms with E-state index in [1.165, 1.54) is 48.8 Å². The number of thioether (sulfide) groups is 2. The summed E-state index contributed by atoms with van der Waals surface area (Å²) in [7, 11) is 0. The van der Waals surface area contributed by atoms with Crippen LogP contribution in [0.1, 0.15) is 48.8 Å². The van der Waals surface area contributed by atoms with Gasteiger partial charge in [-0.25, -0.2) is 0 Å². The first-order valence-corrected chi connectivity index (χ1v) is 10.9. The maximum Gasteiger partial charge on any atom is 0.230 e. The summed E-state index contributed by atoms with van der Waals surface area (Å²) < 4.78 is 0. The van der Waals surface area contributed by atoms with Gasteiger partial charge in [0, 0.05) is 23.3 Å². The third kappa shape index (κ3) is 7.67. The second kappa shape index (κ2) is 10.3. The van der Waals surface area contributed by atoms with Gasteiger partial charge < -0.3 is 5.32 Å². The molecule has 0 radical (unpaired) electrons. The van der Waals surface area contributed by atoms with Gasteiger partial charge >= 0.3 is 0 Å². The van der Waals surface area contributed by atoms with Crippen molar-refractivity contribution in [2.75, 3.05) is 18.1 Å². The highest BCUT2D eigenvalue weighted by Crippen LogP contribution is 2.27. The van der Waals surface area contributed by atoms with Crippen LogP contribution in [0, 0.1) is 13.8 Å². The number of benzene rings is 1. The Bertz CT molecular complexity index is 478. The molecule has 0 atom stereocenters. The standard InChI is InChI=1S/C19H29NOS2/c1-15-10-16(2)12-17(11-15)13-22-14-19(21)20-8-9-23-18-6-4-3-5-7-18/h10-12,18H,3-9,13-14H2,1-2H3,(H,20,21). The highest BCUT2D eigenvalue weighted by Gasteiger charge is 2.13. The summed E-state index contributed by atoms with van der Waals surface area (Å²) in [4.78, 5) is 11.9. The average Bonchev–Trinajstić information content (AvgIpc) is 2.52. The molecule has 128 valence electrons. The first-order chi connectivity index (χ1) is 11.1. The summed E-state index contributed by atoms with van der Waals surface area (Å²) in [6.45, 7) is 5.06. The Balaban J connectivity index is 1.54. The van der Waals surface area contributed by atoms with E-state index in [0.29, 0.717) is 5.75 Å². The molecule has 1 aliphatic rings. The summed E-state index contributed by atoms with van der Waals surface area (Å²) in [6.07, 6.45) is 6.92. The zero-order valence-electron chi connectivity index (χ0n) is 14.4. The van der Waals surface area contributed by atoms with E-state index in [0.717, 1.165) is 23.3 Å². The molecule has 0 saturated heterocycles. The van der Waals surface area contributed by atoms with Crippen molar-refractivity contribution in [3.63, 3.8) is 0 Å². The van der Waals surface area contributed by atoms with Gasteiger partial charge in [-0.15, -0.1) is 11.8 Å². The Hall–Kier alpha value is -0.610.